The van der Waals surface area contributed by atoms with Crippen LogP contribution >= 0.6 is 0 Å². The van der Waals surface area contributed by atoms with Gasteiger partial charge >= 0.3 is 0 Å². The summed E-state index contributed by atoms with van der Waals surface area (Å²) in [4.78, 5) is 15.5. The van der Waals surface area contributed by atoms with Gasteiger partial charge in [-0.05, 0) is 12.1 Å². The summed E-state index contributed by atoms with van der Waals surface area (Å²) in [7, 11) is -3.55. The predicted octanol–water partition coefficient (Wildman–Crippen LogP) is 0.960. The number of carbonyl (C=O) groups is 1. The molecule has 1 aromatic carbocycles. The van der Waals surface area contributed by atoms with E-state index in [1.807, 2.05) is 35.1 Å². The highest BCUT2D eigenvalue weighted by Gasteiger charge is 2.13. The summed E-state index contributed by atoms with van der Waals surface area (Å²) < 4.78 is 28.9. The Kier molecular flexibility index (Phi) is 3.66. The molecule has 0 atom stereocenters. The first-order valence-electron chi connectivity index (χ1n) is 5.44. The molecule has 1 N–H and O–H groups in total. The van der Waals surface area contributed by atoms with Gasteiger partial charge < -0.3 is 4.42 Å². The monoisotopic (exact) mass is 280 g/mol. The van der Waals surface area contributed by atoms with Crippen molar-refractivity contribution in [1.29, 1.82) is 0 Å². The quantitative estimate of drug-likeness (QED) is 0.901. The Bertz CT molecular complexity index is 677. The Hall–Kier alpha value is -2.15. The van der Waals surface area contributed by atoms with Crippen molar-refractivity contribution >= 4 is 15.9 Å². The third kappa shape index (κ3) is 3.92. The van der Waals surface area contributed by atoms with Gasteiger partial charge in [-0.15, -0.1) is 0 Å². The fraction of sp³-hybridized carbons (Fsp3) is 0.167. The highest BCUT2D eigenvalue weighted by atomic mass is 32.2. The van der Waals surface area contributed by atoms with Crippen molar-refractivity contribution in [3.63, 3.8) is 0 Å². The molecule has 1 heterocycles. The first-order chi connectivity index (χ1) is 8.94. The van der Waals surface area contributed by atoms with Gasteiger partial charge in [0.15, 0.2) is 0 Å². The van der Waals surface area contributed by atoms with E-state index in [-0.39, 0.29) is 6.42 Å². The molecule has 19 heavy (non-hydrogen) atoms. The Labute approximate surface area is 110 Å². The topological polar surface area (TPSA) is 89.3 Å². The van der Waals surface area contributed by atoms with E-state index in [1.165, 1.54) is 6.26 Å². The van der Waals surface area contributed by atoms with Crippen LogP contribution in [0.3, 0.4) is 0 Å². The van der Waals surface area contributed by atoms with Crippen LogP contribution in [0.4, 0.5) is 0 Å². The maximum Gasteiger partial charge on any atom is 0.239 e. The van der Waals surface area contributed by atoms with Crippen LogP contribution in [-0.4, -0.2) is 25.6 Å². The van der Waals surface area contributed by atoms with E-state index in [4.69, 9.17) is 4.42 Å². The van der Waals surface area contributed by atoms with Crippen molar-refractivity contribution in [3.05, 3.63) is 42.3 Å². The smallest absolute Gasteiger partial charge is 0.239 e. The maximum atomic E-state index is 11.4. The van der Waals surface area contributed by atoms with Crippen LogP contribution < -0.4 is 4.72 Å². The van der Waals surface area contributed by atoms with Crippen molar-refractivity contribution in [2.75, 3.05) is 6.26 Å². The number of nitrogens with one attached hydrogen (secondary N) is 1. The highest BCUT2D eigenvalue weighted by Crippen LogP contribution is 2.17. The minimum absolute atomic E-state index is 0.149. The molecule has 0 saturated heterocycles. The number of amides is 1. The molecule has 7 heteroatoms. The van der Waals surface area contributed by atoms with Gasteiger partial charge in [0, 0.05) is 5.56 Å². The van der Waals surface area contributed by atoms with E-state index >= 15 is 0 Å². The molecule has 1 amide bonds. The zero-order valence-corrected chi connectivity index (χ0v) is 11.0. The molecule has 0 bridgehead atoms. The van der Waals surface area contributed by atoms with E-state index in [0.717, 1.165) is 11.8 Å². The van der Waals surface area contributed by atoms with Crippen molar-refractivity contribution < 1.29 is 17.6 Å². The number of nitrogens with zero attached hydrogens (tertiary/aromatic N) is 1. The molecule has 100 valence electrons. The van der Waals surface area contributed by atoms with Crippen LogP contribution in [0.15, 0.2) is 41.0 Å². The Morgan fingerprint density at radius 3 is 2.63 bits per heavy atom. The highest BCUT2D eigenvalue weighted by molar-refractivity contribution is 7.89. The number of hydrogen-bond acceptors (Lipinski definition) is 5. The SMILES string of the molecule is CS(=O)(=O)NC(=O)Cc1coc(-c2ccccc2)n1. The number of rotatable bonds is 4. The molecule has 0 aliphatic rings. The van der Waals surface area contributed by atoms with E-state index in [2.05, 4.69) is 4.98 Å². The number of sulfonamides is 1. The first-order valence-corrected chi connectivity index (χ1v) is 7.33. The van der Waals surface area contributed by atoms with Gasteiger partial charge in [-0.2, -0.15) is 0 Å². The van der Waals surface area contributed by atoms with Crippen molar-refractivity contribution in [2.45, 2.75) is 6.42 Å². The Balaban J connectivity index is 2.08. The lowest BCUT2D eigenvalue weighted by molar-refractivity contribution is -0.118. The number of benzene rings is 1. The molecule has 0 aliphatic heterocycles. The van der Waals surface area contributed by atoms with E-state index in [1.54, 1.807) is 0 Å². The van der Waals surface area contributed by atoms with E-state index in [9.17, 15) is 13.2 Å². The fourth-order valence-corrected chi connectivity index (χ4v) is 1.99. The Morgan fingerprint density at radius 1 is 1.32 bits per heavy atom. The second-order valence-electron chi connectivity index (χ2n) is 3.98. The van der Waals surface area contributed by atoms with E-state index in [0.29, 0.717) is 11.6 Å². The van der Waals surface area contributed by atoms with Crippen LogP contribution in [-0.2, 0) is 21.2 Å². The van der Waals surface area contributed by atoms with Crippen LogP contribution in [0.5, 0.6) is 0 Å². The van der Waals surface area contributed by atoms with Gasteiger partial charge in [-0.1, -0.05) is 18.2 Å². The normalized spacial score (nSPS) is 11.2. The summed E-state index contributed by atoms with van der Waals surface area (Å²) in [5.74, 6) is -0.252. The molecule has 0 saturated carbocycles. The standard InChI is InChI=1S/C12H12N2O4S/c1-19(16,17)14-11(15)7-10-8-18-12(13-10)9-5-3-2-4-6-9/h2-6,8H,7H2,1H3,(H,14,15). The second-order valence-corrected chi connectivity index (χ2v) is 5.73. The maximum absolute atomic E-state index is 11.4. The summed E-state index contributed by atoms with van der Waals surface area (Å²) >= 11 is 0. The lowest BCUT2D eigenvalue weighted by atomic mass is 10.2. The Morgan fingerprint density at radius 2 is 2.00 bits per heavy atom. The largest absolute Gasteiger partial charge is 0.444 e. The van der Waals surface area contributed by atoms with Crippen LogP contribution in [0.1, 0.15) is 5.69 Å². The minimum Gasteiger partial charge on any atom is -0.444 e. The van der Waals surface area contributed by atoms with Crippen molar-refractivity contribution in [3.8, 4) is 11.5 Å². The van der Waals surface area contributed by atoms with Crippen LogP contribution in [0.2, 0.25) is 0 Å². The molecule has 2 rings (SSSR count). The van der Waals surface area contributed by atoms with Gasteiger partial charge in [-0.3, -0.25) is 9.52 Å². The molecule has 0 radical (unpaired) electrons. The third-order valence-corrected chi connectivity index (χ3v) is 2.81. The van der Waals surface area contributed by atoms with Gasteiger partial charge in [0.1, 0.15) is 6.26 Å². The average Bonchev–Trinajstić information content (AvgIpc) is 2.76. The predicted molar refractivity (Wildman–Crippen MR) is 68.6 cm³/mol. The molecule has 0 unspecified atom stereocenters. The summed E-state index contributed by atoms with van der Waals surface area (Å²) in [5.41, 5.74) is 1.16. The second kappa shape index (κ2) is 5.23. The fourth-order valence-electron chi connectivity index (χ4n) is 1.51. The lowest BCUT2D eigenvalue weighted by Gasteiger charge is -1.99. The van der Waals surface area contributed by atoms with Crippen LogP contribution in [0, 0.1) is 0 Å². The average molecular weight is 280 g/mol. The number of oxazole rings is 1. The summed E-state index contributed by atoms with van der Waals surface area (Å²) in [6.45, 7) is 0. The van der Waals surface area contributed by atoms with Crippen LogP contribution in [0.25, 0.3) is 11.5 Å². The van der Waals surface area contributed by atoms with Crippen molar-refractivity contribution in [2.24, 2.45) is 0 Å². The number of aromatic nitrogens is 1. The lowest BCUT2D eigenvalue weighted by Crippen LogP contribution is -2.30. The molecule has 0 aliphatic carbocycles. The molecule has 0 fully saturated rings. The number of hydrogen-bond donors (Lipinski definition) is 1. The minimum atomic E-state index is -3.55. The van der Waals surface area contributed by atoms with Gasteiger partial charge in [-0.25, -0.2) is 13.4 Å². The molecule has 1 aromatic heterocycles. The summed E-state index contributed by atoms with van der Waals surface area (Å²) in [5, 5.41) is 0. The molecule has 0 spiro atoms. The zero-order chi connectivity index (χ0) is 13.9. The van der Waals surface area contributed by atoms with Crippen molar-refractivity contribution in [1.82, 2.24) is 9.71 Å². The van der Waals surface area contributed by atoms with Gasteiger partial charge in [0.25, 0.3) is 0 Å². The van der Waals surface area contributed by atoms with Gasteiger partial charge in [0.2, 0.25) is 21.8 Å². The first kappa shape index (κ1) is 13.3. The number of carbonyl (C=O) groups excluding carboxylic acids is 1. The zero-order valence-electron chi connectivity index (χ0n) is 10.2. The molecule has 6 nitrogen and oxygen atoms in total. The molecule has 2 aromatic rings. The third-order valence-electron chi connectivity index (χ3n) is 2.21. The molecular weight excluding hydrogens is 268 g/mol. The molecular formula is C12H12N2O4S. The van der Waals surface area contributed by atoms with E-state index < -0.39 is 15.9 Å². The summed E-state index contributed by atoms with van der Waals surface area (Å²) in [6.07, 6.45) is 2.11. The van der Waals surface area contributed by atoms with Gasteiger partial charge in [0.05, 0.1) is 18.4 Å². The summed E-state index contributed by atoms with van der Waals surface area (Å²) in [6, 6.07) is 9.20.